The summed E-state index contributed by atoms with van der Waals surface area (Å²) in [5, 5.41) is 0. The van der Waals surface area contributed by atoms with E-state index in [1.165, 1.54) is 0 Å². The second-order valence-corrected chi connectivity index (χ2v) is 6.48. The Morgan fingerprint density at radius 1 is 1.39 bits per heavy atom. The topological polar surface area (TPSA) is 87.1 Å². The van der Waals surface area contributed by atoms with E-state index in [0.29, 0.717) is 0 Å². The molecule has 1 amide bonds. The van der Waals surface area contributed by atoms with Crippen LogP contribution in [0.25, 0.3) is 0 Å². The number of nitrogens with zero attached hydrogens (tertiary/aromatic N) is 1. The van der Waals surface area contributed by atoms with Crippen LogP contribution >= 0.6 is 19.5 Å². The molecule has 6 nitrogen and oxygen atoms in total. The summed E-state index contributed by atoms with van der Waals surface area (Å²) in [6.45, 7) is 0.188. The Balaban J connectivity index is 1.93. The summed E-state index contributed by atoms with van der Waals surface area (Å²) in [6.07, 6.45) is 0. The number of carbonyl (C=O) groups excluding carboxylic acids is 1. The van der Waals surface area contributed by atoms with Gasteiger partial charge in [0.05, 0.1) is 0 Å². The molecule has 1 unspecified atom stereocenters. The highest BCUT2D eigenvalue weighted by Crippen LogP contribution is 2.47. The van der Waals surface area contributed by atoms with E-state index in [0.717, 1.165) is 22.0 Å². The average Bonchev–Trinajstić information content (AvgIpc) is 2.69. The van der Waals surface area contributed by atoms with Gasteiger partial charge in [-0.05, 0) is 17.5 Å². The van der Waals surface area contributed by atoms with Crippen LogP contribution in [0.2, 0.25) is 0 Å². The van der Waals surface area contributed by atoms with E-state index in [1.807, 2.05) is 30.3 Å². The Bertz CT molecular complexity index is 476. The van der Waals surface area contributed by atoms with E-state index in [2.05, 4.69) is 0 Å². The van der Waals surface area contributed by atoms with Crippen LogP contribution in [0.4, 0.5) is 0 Å². The summed E-state index contributed by atoms with van der Waals surface area (Å²) in [6, 6.07) is 9.23. The van der Waals surface area contributed by atoms with E-state index >= 15 is 0 Å². The monoisotopic (exact) mass is 289 g/mol. The van der Waals surface area contributed by atoms with Gasteiger partial charge in [0, 0.05) is 5.75 Å². The van der Waals surface area contributed by atoms with Crippen molar-refractivity contribution in [2.24, 2.45) is 0 Å². The molecule has 2 N–H and O–H groups in total. The number of hydroxylamine groups is 1. The molecule has 0 spiro atoms. The molecule has 1 aliphatic heterocycles. The lowest BCUT2D eigenvalue weighted by Gasteiger charge is -2.14. The van der Waals surface area contributed by atoms with Crippen molar-refractivity contribution in [3.05, 3.63) is 35.9 Å². The molecule has 1 aromatic carbocycles. The van der Waals surface area contributed by atoms with Gasteiger partial charge in [-0.2, -0.15) is 4.47 Å². The van der Waals surface area contributed by atoms with Gasteiger partial charge in [0.15, 0.2) is 5.66 Å². The van der Waals surface area contributed by atoms with Gasteiger partial charge in [0.25, 0.3) is 5.91 Å². The molecule has 1 heterocycles. The zero-order valence-electron chi connectivity index (χ0n) is 9.30. The van der Waals surface area contributed by atoms with Crippen molar-refractivity contribution in [2.75, 3.05) is 5.75 Å². The van der Waals surface area contributed by atoms with Crippen molar-refractivity contribution < 1.29 is 24.0 Å². The maximum Gasteiger partial charge on any atom is 0.339 e. The van der Waals surface area contributed by atoms with Gasteiger partial charge in [-0.25, -0.2) is 0 Å². The van der Waals surface area contributed by atoms with Crippen LogP contribution in [-0.4, -0.2) is 31.6 Å². The van der Waals surface area contributed by atoms with Crippen molar-refractivity contribution in [3.8, 4) is 0 Å². The van der Waals surface area contributed by atoms with Gasteiger partial charge in [-0.3, -0.25) is 14.2 Å². The Morgan fingerprint density at radius 3 is 2.61 bits per heavy atom. The smallest absolute Gasteiger partial charge is 0.324 e. The molecule has 1 atom stereocenters. The van der Waals surface area contributed by atoms with Crippen molar-refractivity contribution in [3.63, 3.8) is 0 Å². The fraction of sp³-hybridized carbons (Fsp3) is 0.300. The second kappa shape index (κ2) is 5.42. The van der Waals surface area contributed by atoms with Gasteiger partial charge >= 0.3 is 7.60 Å². The number of amides is 1. The van der Waals surface area contributed by atoms with Gasteiger partial charge < -0.3 is 9.79 Å². The number of hydrogen-bond donors (Lipinski definition) is 2. The van der Waals surface area contributed by atoms with E-state index < -0.39 is 19.2 Å². The van der Waals surface area contributed by atoms with Crippen LogP contribution in [0.3, 0.4) is 0 Å². The highest BCUT2D eigenvalue weighted by Gasteiger charge is 2.45. The van der Waals surface area contributed by atoms with E-state index in [1.54, 1.807) is 0 Å². The molecule has 0 aromatic heterocycles. The van der Waals surface area contributed by atoms with Gasteiger partial charge in [0.1, 0.15) is 6.61 Å². The molecule has 18 heavy (non-hydrogen) atoms. The highest BCUT2D eigenvalue weighted by atomic mass is 32.2. The van der Waals surface area contributed by atoms with E-state index in [-0.39, 0.29) is 12.4 Å². The third-order valence-electron chi connectivity index (χ3n) is 2.41. The molecule has 0 saturated carbocycles. The van der Waals surface area contributed by atoms with Crippen LogP contribution in [-0.2, 0) is 20.8 Å². The quantitative estimate of drug-likeness (QED) is 0.639. The van der Waals surface area contributed by atoms with Crippen LogP contribution in [0.1, 0.15) is 5.56 Å². The SMILES string of the molecule is O=C1C(P(=O)(O)O)CSN1OCc1ccccc1. The van der Waals surface area contributed by atoms with Crippen molar-refractivity contribution >= 4 is 25.5 Å². The zero-order valence-corrected chi connectivity index (χ0v) is 11.0. The fourth-order valence-corrected chi connectivity index (χ4v) is 3.69. The molecule has 1 saturated heterocycles. The molecule has 1 aromatic rings. The van der Waals surface area contributed by atoms with E-state index in [4.69, 9.17) is 14.6 Å². The summed E-state index contributed by atoms with van der Waals surface area (Å²) in [5.41, 5.74) is -0.413. The molecule has 0 aliphatic carbocycles. The number of carbonyl (C=O) groups is 1. The maximum absolute atomic E-state index is 11.7. The Kier molecular flexibility index (Phi) is 4.09. The van der Waals surface area contributed by atoms with Crippen LogP contribution in [0.15, 0.2) is 30.3 Å². The lowest BCUT2D eigenvalue weighted by Crippen LogP contribution is -2.27. The van der Waals surface area contributed by atoms with Crippen molar-refractivity contribution in [1.82, 2.24) is 4.47 Å². The van der Waals surface area contributed by atoms with Crippen LogP contribution < -0.4 is 0 Å². The summed E-state index contributed by atoms with van der Waals surface area (Å²) < 4.78 is 12.0. The predicted octanol–water partition coefficient (Wildman–Crippen LogP) is 1.15. The van der Waals surface area contributed by atoms with Crippen LogP contribution in [0.5, 0.6) is 0 Å². The highest BCUT2D eigenvalue weighted by molar-refractivity contribution is 7.98. The molecule has 0 bridgehead atoms. The van der Waals surface area contributed by atoms with Gasteiger partial charge in [-0.1, -0.05) is 30.3 Å². The number of benzene rings is 1. The molecule has 8 heteroatoms. The normalized spacial score (nSPS) is 20.4. The maximum atomic E-state index is 11.7. The Hall–Kier alpha value is -0.850. The molecule has 1 aliphatic rings. The van der Waals surface area contributed by atoms with Gasteiger partial charge in [-0.15, -0.1) is 0 Å². The van der Waals surface area contributed by atoms with Crippen molar-refractivity contribution in [1.29, 1.82) is 0 Å². The summed E-state index contributed by atoms with van der Waals surface area (Å²) in [7, 11) is -4.39. The lowest BCUT2D eigenvalue weighted by atomic mass is 10.2. The molecular weight excluding hydrogens is 277 g/mol. The first-order valence-corrected chi connectivity index (χ1v) is 7.80. The van der Waals surface area contributed by atoms with E-state index in [9.17, 15) is 9.36 Å². The second-order valence-electron chi connectivity index (χ2n) is 3.76. The molecule has 1 fully saturated rings. The third-order valence-corrected chi connectivity index (χ3v) is 4.88. The van der Waals surface area contributed by atoms with Gasteiger partial charge in [0.2, 0.25) is 0 Å². The fourth-order valence-electron chi connectivity index (χ4n) is 1.44. The summed E-state index contributed by atoms with van der Waals surface area (Å²) in [4.78, 5) is 34.9. The first-order valence-electron chi connectivity index (χ1n) is 5.17. The Morgan fingerprint density at radius 2 is 2.06 bits per heavy atom. The molecular formula is C10H12NO5PS. The lowest BCUT2D eigenvalue weighted by molar-refractivity contribution is -0.156. The first kappa shape index (κ1) is 13.6. The minimum atomic E-state index is -4.39. The summed E-state index contributed by atoms with van der Waals surface area (Å²) >= 11 is 0.974. The molecule has 2 rings (SSSR count). The van der Waals surface area contributed by atoms with Crippen LogP contribution in [0, 0.1) is 0 Å². The van der Waals surface area contributed by atoms with Crippen molar-refractivity contribution in [2.45, 2.75) is 12.3 Å². The largest absolute Gasteiger partial charge is 0.339 e. The minimum absolute atomic E-state index is 0.0396. The molecule has 0 radical (unpaired) electrons. The predicted molar refractivity (Wildman–Crippen MR) is 66.4 cm³/mol. The standard InChI is InChI=1S/C10H12NO5PS/c12-10-9(17(13,14)15)7-18-11(10)16-6-8-4-2-1-3-5-8/h1-5,9H,6-7H2,(H2,13,14,15). The minimum Gasteiger partial charge on any atom is -0.324 e. The summed E-state index contributed by atoms with van der Waals surface area (Å²) in [5.74, 6) is -0.637. The first-order chi connectivity index (χ1) is 8.48. The number of rotatable bonds is 4. The Labute approximate surface area is 108 Å². The third kappa shape index (κ3) is 3.13. The average molecular weight is 289 g/mol. The zero-order chi connectivity index (χ0) is 13.2. The molecule has 98 valence electrons. The number of hydrogen-bond acceptors (Lipinski definition) is 4.